The molecule has 0 atom stereocenters. The number of nitrogen functional groups attached to an aromatic ring is 1. The van der Waals surface area contributed by atoms with Gasteiger partial charge in [-0.2, -0.15) is 0 Å². The van der Waals surface area contributed by atoms with Gasteiger partial charge in [-0.05, 0) is 19.1 Å². The van der Waals surface area contributed by atoms with Gasteiger partial charge in [-0.3, -0.25) is 9.69 Å². The van der Waals surface area contributed by atoms with Crippen LogP contribution in [0.25, 0.3) is 0 Å². The molecule has 0 aromatic heterocycles. The number of ether oxygens (including phenoxy) is 1. The van der Waals surface area contributed by atoms with Crippen LogP contribution < -0.4 is 11.1 Å². The molecule has 1 aromatic rings. The Bertz CT molecular complexity index is 464. The highest BCUT2D eigenvalue weighted by Crippen LogP contribution is 2.17. The molecule has 1 heterocycles. The van der Waals surface area contributed by atoms with Crippen LogP contribution in [0.15, 0.2) is 12.1 Å². The van der Waals surface area contributed by atoms with E-state index in [1.54, 1.807) is 6.92 Å². The summed E-state index contributed by atoms with van der Waals surface area (Å²) < 4.78 is 18.8. The summed E-state index contributed by atoms with van der Waals surface area (Å²) in [4.78, 5) is 14.1. The quantitative estimate of drug-likeness (QED) is 0.800. The fourth-order valence-corrected chi connectivity index (χ4v) is 2.09. The second kappa shape index (κ2) is 6.67. The molecule has 1 aliphatic rings. The first-order valence-electron chi connectivity index (χ1n) is 6.72. The monoisotopic (exact) mass is 281 g/mol. The number of halogens is 1. The Hall–Kier alpha value is -1.66. The van der Waals surface area contributed by atoms with Crippen LogP contribution in [0.4, 0.5) is 10.1 Å². The van der Waals surface area contributed by atoms with Crippen molar-refractivity contribution < 1.29 is 13.9 Å². The van der Waals surface area contributed by atoms with Crippen LogP contribution in [0.3, 0.4) is 0 Å². The smallest absolute Gasteiger partial charge is 0.251 e. The average Bonchev–Trinajstić information content (AvgIpc) is 2.45. The van der Waals surface area contributed by atoms with Gasteiger partial charge < -0.3 is 15.8 Å². The van der Waals surface area contributed by atoms with Crippen molar-refractivity contribution in [3.8, 4) is 0 Å². The zero-order chi connectivity index (χ0) is 14.5. The van der Waals surface area contributed by atoms with E-state index in [2.05, 4.69) is 10.2 Å². The van der Waals surface area contributed by atoms with Crippen LogP contribution in [0.2, 0.25) is 0 Å². The van der Waals surface area contributed by atoms with Crippen molar-refractivity contribution in [3.63, 3.8) is 0 Å². The van der Waals surface area contributed by atoms with Gasteiger partial charge >= 0.3 is 0 Å². The van der Waals surface area contributed by atoms with Crippen molar-refractivity contribution >= 4 is 11.6 Å². The molecule has 3 N–H and O–H groups in total. The summed E-state index contributed by atoms with van der Waals surface area (Å²) in [7, 11) is 0. The predicted molar refractivity (Wildman–Crippen MR) is 75.1 cm³/mol. The largest absolute Gasteiger partial charge is 0.398 e. The molecule has 1 aliphatic heterocycles. The van der Waals surface area contributed by atoms with Crippen LogP contribution in [-0.4, -0.2) is 50.2 Å². The lowest BCUT2D eigenvalue weighted by atomic mass is 10.1. The number of hydrogen-bond acceptors (Lipinski definition) is 4. The molecule has 5 nitrogen and oxygen atoms in total. The van der Waals surface area contributed by atoms with Crippen LogP contribution in [0.5, 0.6) is 0 Å². The van der Waals surface area contributed by atoms with Gasteiger partial charge in [-0.15, -0.1) is 0 Å². The Kier molecular flexibility index (Phi) is 4.92. The number of amides is 1. The second-order valence-corrected chi connectivity index (χ2v) is 4.88. The van der Waals surface area contributed by atoms with Crippen molar-refractivity contribution in [1.29, 1.82) is 0 Å². The van der Waals surface area contributed by atoms with Gasteiger partial charge in [0.1, 0.15) is 5.82 Å². The van der Waals surface area contributed by atoms with Gasteiger partial charge in [0.05, 0.1) is 13.2 Å². The minimum absolute atomic E-state index is 0.257. The fraction of sp³-hybridized carbons (Fsp3) is 0.500. The van der Waals surface area contributed by atoms with E-state index >= 15 is 0 Å². The summed E-state index contributed by atoms with van der Waals surface area (Å²) in [6.45, 7) is 6.09. The summed E-state index contributed by atoms with van der Waals surface area (Å²) in [6.07, 6.45) is 0. The number of anilines is 1. The molecule has 1 amide bonds. The second-order valence-electron chi connectivity index (χ2n) is 4.88. The molecule has 1 saturated heterocycles. The van der Waals surface area contributed by atoms with Crippen molar-refractivity contribution in [2.75, 3.05) is 45.1 Å². The molecule has 0 radical (unpaired) electrons. The summed E-state index contributed by atoms with van der Waals surface area (Å²) in [5.41, 5.74) is 6.58. The Labute approximate surface area is 117 Å². The fourth-order valence-electron chi connectivity index (χ4n) is 2.09. The molecule has 2 rings (SSSR count). The summed E-state index contributed by atoms with van der Waals surface area (Å²) in [6, 6.07) is 2.72. The minimum atomic E-state index is -0.455. The van der Waals surface area contributed by atoms with E-state index in [0.717, 1.165) is 32.8 Å². The first-order chi connectivity index (χ1) is 9.58. The van der Waals surface area contributed by atoms with Crippen molar-refractivity contribution in [3.05, 3.63) is 29.1 Å². The SMILES string of the molecule is Cc1c(N)cc(C(=O)NCCN2CCOCC2)cc1F. The van der Waals surface area contributed by atoms with Gasteiger partial charge in [0.2, 0.25) is 0 Å². The van der Waals surface area contributed by atoms with Crippen LogP contribution in [0, 0.1) is 12.7 Å². The molecular weight excluding hydrogens is 261 g/mol. The zero-order valence-corrected chi connectivity index (χ0v) is 11.6. The number of nitrogens with two attached hydrogens (primary N) is 1. The van der Waals surface area contributed by atoms with E-state index in [4.69, 9.17) is 10.5 Å². The van der Waals surface area contributed by atoms with Gasteiger partial charge in [-0.1, -0.05) is 0 Å². The molecule has 6 heteroatoms. The molecule has 0 saturated carbocycles. The average molecular weight is 281 g/mol. The molecule has 0 spiro atoms. The third kappa shape index (κ3) is 3.68. The number of rotatable bonds is 4. The molecular formula is C14H20FN3O2. The number of morpholine rings is 1. The highest BCUT2D eigenvalue weighted by Gasteiger charge is 2.13. The zero-order valence-electron chi connectivity index (χ0n) is 11.6. The van der Waals surface area contributed by atoms with E-state index in [1.165, 1.54) is 12.1 Å². The Morgan fingerprint density at radius 1 is 1.45 bits per heavy atom. The van der Waals surface area contributed by atoms with Gasteiger partial charge in [-0.25, -0.2) is 4.39 Å². The maximum Gasteiger partial charge on any atom is 0.251 e. The van der Waals surface area contributed by atoms with Crippen LogP contribution in [-0.2, 0) is 4.74 Å². The maximum absolute atomic E-state index is 13.5. The molecule has 1 fully saturated rings. The Morgan fingerprint density at radius 3 is 2.80 bits per heavy atom. The van der Waals surface area contributed by atoms with Crippen molar-refractivity contribution in [2.45, 2.75) is 6.92 Å². The number of nitrogens with one attached hydrogen (secondary N) is 1. The van der Waals surface area contributed by atoms with Gasteiger partial charge in [0, 0.05) is 43.0 Å². The number of carbonyl (C=O) groups excluding carboxylic acids is 1. The van der Waals surface area contributed by atoms with E-state index < -0.39 is 5.82 Å². The number of carbonyl (C=O) groups is 1. The normalized spacial score (nSPS) is 16.1. The van der Waals surface area contributed by atoms with E-state index in [1.807, 2.05) is 0 Å². The molecule has 0 unspecified atom stereocenters. The van der Waals surface area contributed by atoms with E-state index in [0.29, 0.717) is 17.8 Å². The summed E-state index contributed by atoms with van der Waals surface area (Å²) >= 11 is 0. The molecule has 0 bridgehead atoms. The number of nitrogens with zero attached hydrogens (tertiary/aromatic N) is 1. The lowest BCUT2D eigenvalue weighted by Gasteiger charge is -2.26. The maximum atomic E-state index is 13.5. The molecule has 1 aromatic carbocycles. The van der Waals surface area contributed by atoms with Crippen molar-refractivity contribution in [2.24, 2.45) is 0 Å². The molecule has 110 valence electrons. The van der Waals surface area contributed by atoms with Crippen LogP contribution in [0.1, 0.15) is 15.9 Å². The van der Waals surface area contributed by atoms with Gasteiger partial charge in [0.25, 0.3) is 5.91 Å². The van der Waals surface area contributed by atoms with E-state index in [9.17, 15) is 9.18 Å². The lowest BCUT2D eigenvalue weighted by molar-refractivity contribution is 0.0383. The third-order valence-electron chi connectivity index (χ3n) is 3.46. The van der Waals surface area contributed by atoms with E-state index in [-0.39, 0.29) is 11.5 Å². The third-order valence-corrected chi connectivity index (χ3v) is 3.46. The Morgan fingerprint density at radius 2 is 2.15 bits per heavy atom. The first-order valence-corrected chi connectivity index (χ1v) is 6.72. The standard InChI is InChI=1S/C14H20FN3O2/c1-10-12(15)8-11(9-13(10)16)14(19)17-2-3-18-4-6-20-7-5-18/h8-9H,2-7,16H2,1H3,(H,17,19). The molecule has 20 heavy (non-hydrogen) atoms. The topological polar surface area (TPSA) is 67.6 Å². The Balaban J connectivity index is 1.85. The minimum Gasteiger partial charge on any atom is -0.398 e. The summed E-state index contributed by atoms with van der Waals surface area (Å²) in [5.74, 6) is -0.757. The molecule has 0 aliphatic carbocycles. The first kappa shape index (κ1) is 14.7. The summed E-state index contributed by atoms with van der Waals surface area (Å²) in [5, 5.41) is 2.78. The number of benzene rings is 1. The lowest BCUT2D eigenvalue weighted by Crippen LogP contribution is -2.41. The predicted octanol–water partition coefficient (Wildman–Crippen LogP) is 0.778. The van der Waals surface area contributed by atoms with Gasteiger partial charge in [0.15, 0.2) is 0 Å². The van der Waals surface area contributed by atoms with Crippen LogP contribution >= 0.6 is 0 Å². The highest BCUT2D eigenvalue weighted by molar-refractivity contribution is 5.95. The van der Waals surface area contributed by atoms with Crippen molar-refractivity contribution in [1.82, 2.24) is 10.2 Å². The number of hydrogen-bond donors (Lipinski definition) is 2. The highest BCUT2D eigenvalue weighted by atomic mass is 19.1.